The Morgan fingerprint density at radius 1 is 1.42 bits per heavy atom. The number of hydrogen-bond acceptors (Lipinski definition) is 5. The van der Waals surface area contributed by atoms with Crippen LogP contribution in [0.4, 0.5) is 0 Å². The van der Waals surface area contributed by atoms with Crippen LogP contribution in [0.25, 0.3) is 0 Å². The molecule has 0 aromatic heterocycles. The molecule has 4 N–H and O–H groups in total. The van der Waals surface area contributed by atoms with Crippen molar-refractivity contribution in [1.29, 1.82) is 0 Å². The maximum atomic E-state index is 12.4. The molecule has 6 heteroatoms. The second-order valence-corrected chi connectivity index (χ2v) is 7.85. The first-order chi connectivity index (χ1) is 11.4. The number of benzene rings is 1. The molecule has 5 nitrogen and oxygen atoms in total. The van der Waals surface area contributed by atoms with Gasteiger partial charge in [-0.1, -0.05) is 37.7 Å². The number of nitrogens with one attached hydrogen (secondary N) is 1. The number of carbonyl (C=O) groups is 1. The molecule has 1 aromatic carbocycles. The molecular weight excluding hydrogens is 322 g/mol. The third kappa shape index (κ3) is 4.51. The van der Waals surface area contributed by atoms with Crippen molar-refractivity contribution in [2.45, 2.75) is 45.2 Å². The molecule has 0 saturated carbocycles. The zero-order valence-corrected chi connectivity index (χ0v) is 15.4. The summed E-state index contributed by atoms with van der Waals surface area (Å²) in [6.07, 6.45) is 1.49. The molecule has 2 unspecified atom stereocenters. The highest BCUT2D eigenvalue weighted by atomic mass is 32.2. The fraction of sp³-hybridized carbons (Fsp3) is 0.556. The molecule has 2 atom stereocenters. The molecule has 0 bridgehead atoms. The number of thioether (sulfide) groups is 1. The van der Waals surface area contributed by atoms with E-state index < -0.39 is 0 Å². The second-order valence-electron chi connectivity index (χ2n) is 6.74. The molecule has 0 fully saturated rings. The van der Waals surface area contributed by atoms with Crippen molar-refractivity contribution in [1.82, 2.24) is 5.32 Å². The Hall–Kier alpha value is -1.53. The van der Waals surface area contributed by atoms with Gasteiger partial charge in [-0.15, -0.1) is 0 Å². The van der Waals surface area contributed by atoms with Gasteiger partial charge in [0.15, 0.2) is 5.17 Å². The quantitative estimate of drug-likeness (QED) is 0.736. The lowest BCUT2D eigenvalue weighted by Crippen LogP contribution is -2.39. The Morgan fingerprint density at radius 2 is 2.08 bits per heavy atom. The average molecular weight is 350 g/mol. The monoisotopic (exact) mass is 349 g/mol. The van der Waals surface area contributed by atoms with Crippen LogP contribution in [-0.4, -0.2) is 34.6 Å². The van der Waals surface area contributed by atoms with E-state index >= 15 is 0 Å². The van der Waals surface area contributed by atoms with Crippen LogP contribution in [0.1, 0.15) is 49.5 Å². The smallest absolute Gasteiger partial charge is 0.251 e. The largest absolute Gasteiger partial charge is 0.396 e. The topological polar surface area (TPSA) is 87.7 Å². The molecule has 1 aliphatic rings. The van der Waals surface area contributed by atoms with E-state index in [-0.39, 0.29) is 30.0 Å². The Kier molecular flexibility index (Phi) is 6.29. The molecule has 2 rings (SSSR count). The van der Waals surface area contributed by atoms with E-state index in [9.17, 15) is 4.79 Å². The highest BCUT2D eigenvalue weighted by Crippen LogP contribution is 2.34. The number of carbonyl (C=O) groups excluding carboxylic acids is 1. The average Bonchev–Trinajstić information content (AvgIpc) is 2.54. The number of hydrogen-bond donors (Lipinski definition) is 3. The van der Waals surface area contributed by atoms with Gasteiger partial charge in [-0.05, 0) is 43.4 Å². The normalized spacial score (nSPS) is 22.1. The molecule has 0 aliphatic carbocycles. The first-order valence-electron chi connectivity index (χ1n) is 8.36. The first kappa shape index (κ1) is 18.8. The van der Waals surface area contributed by atoms with Crippen molar-refractivity contribution in [3.05, 3.63) is 35.4 Å². The highest BCUT2D eigenvalue weighted by molar-refractivity contribution is 8.13. The van der Waals surface area contributed by atoms with Gasteiger partial charge in [0.25, 0.3) is 5.91 Å². The SMILES string of the molecule is CC(C)C(CCO)NC(=O)c1ccc(C2(C)CCSC(N)=N2)cc1. The lowest BCUT2D eigenvalue weighted by molar-refractivity contribution is 0.0916. The van der Waals surface area contributed by atoms with Crippen LogP contribution in [0.2, 0.25) is 0 Å². The van der Waals surface area contributed by atoms with Gasteiger partial charge in [-0.25, -0.2) is 0 Å². The summed E-state index contributed by atoms with van der Waals surface area (Å²) in [5, 5.41) is 12.7. The zero-order valence-electron chi connectivity index (χ0n) is 14.6. The summed E-state index contributed by atoms with van der Waals surface area (Å²) < 4.78 is 0. The van der Waals surface area contributed by atoms with Crippen LogP contribution in [0, 0.1) is 5.92 Å². The standard InChI is InChI=1S/C18H27N3O2S/c1-12(2)15(8-10-22)20-16(23)13-4-6-14(7-5-13)18(3)9-11-24-17(19)21-18/h4-7,12,15,22H,8-11H2,1-3H3,(H2,19,21)(H,20,23). The summed E-state index contributed by atoms with van der Waals surface area (Å²) >= 11 is 1.58. The van der Waals surface area contributed by atoms with Crippen molar-refractivity contribution in [2.75, 3.05) is 12.4 Å². The minimum absolute atomic E-state index is 0.0283. The Labute approximate surface area is 148 Å². The Bertz CT molecular complexity index is 601. The van der Waals surface area contributed by atoms with Gasteiger partial charge in [0.2, 0.25) is 0 Å². The predicted molar refractivity (Wildman–Crippen MR) is 100 cm³/mol. The van der Waals surface area contributed by atoms with Gasteiger partial charge in [-0.3, -0.25) is 9.79 Å². The number of aliphatic hydroxyl groups is 1. The van der Waals surface area contributed by atoms with E-state index in [2.05, 4.69) is 17.2 Å². The number of nitrogens with zero attached hydrogens (tertiary/aromatic N) is 1. The van der Waals surface area contributed by atoms with Crippen LogP contribution in [0.15, 0.2) is 29.3 Å². The van der Waals surface area contributed by atoms with Gasteiger partial charge in [0.05, 0.1) is 5.54 Å². The van der Waals surface area contributed by atoms with E-state index in [0.29, 0.717) is 17.2 Å². The maximum Gasteiger partial charge on any atom is 0.251 e. The summed E-state index contributed by atoms with van der Waals surface area (Å²) in [5.41, 5.74) is 7.23. The molecule has 1 aromatic rings. The van der Waals surface area contributed by atoms with Crippen LogP contribution in [-0.2, 0) is 5.54 Å². The van der Waals surface area contributed by atoms with Crippen molar-refractivity contribution in [3.63, 3.8) is 0 Å². The summed E-state index contributed by atoms with van der Waals surface area (Å²) in [5.74, 6) is 1.11. The van der Waals surface area contributed by atoms with Gasteiger partial charge in [0.1, 0.15) is 0 Å². The summed E-state index contributed by atoms with van der Waals surface area (Å²) in [7, 11) is 0. The van der Waals surface area contributed by atoms with E-state index in [0.717, 1.165) is 17.7 Å². The number of amidine groups is 1. The van der Waals surface area contributed by atoms with E-state index in [4.69, 9.17) is 10.8 Å². The lowest BCUT2D eigenvalue weighted by atomic mass is 9.89. The lowest BCUT2D eigenvalue weighted by Gasteiger charge is -2.29. The number of amides is 1. The molecule has 0 radical (unpaired) electrons. The molecule has 0 saturated heterocycles. The van der Waals surface area contributed by atoms with Crippen molar-refractivity contribution >= 4 is 22.8 Å². The number of aliphatic hydroxyl groups excluding tert-OH is 1. The molecule has 0 spiro atoms. The summed E-state index contributed by atoms with van der Waals surface area (Å²) in [6.45, 7) is 6.21. The minimum Gasteiger partial charge on any atom is -0.396 e. The molecule has 1 heterocycles. The van der Waals surface area contributed by atoms with Gasteiger partial charge in [-0.2, -0.15) is 0 Å². The minimum atomic E-state index is -0.318. The summed E-state index contributed by atoms with van der Waals surface area (Å²) in [6, 6.07) is 7.55. The number of rotatable bonds is 6. The second kappa shape index (κ2) is 8.03. The fourth-order valence-electron chi connectivity index (χ4n) is 2.84. The Balaban J connectivity index is 2.11. The van der Waals surface area contributed by atoms with E-state index in [1.807, 2.05) is 38.1 Å². The molecular formula is C18H27N3O2S. The number of aliphatic imine (C=N–C) groups is 1. The van der Waals surface area contributed by atoms with Crippen LogP contribution in [0.5, 0.6) is 0 Å². The van der Waals surface area contributed by atoms with Crippen molar-refractivity contribution < 1.29 is 9.90 Å². The van der Waals surface area contributed by atoms with Crippen molar-refractivity contribution in [3.8, 4) is 0 Å². The predicted octanol–water partition coefficient (Wildman–Crippen LogP) is 2.49. The maximum absolute atomic E-state index is 12.4. The highest BCUT2D eigenvalue weighted by Gasteiger charge is 2.29. The third-order valence-corrected chi connectivity index (χ3v) is 5.32. The summed E-state index contributed by atoms with van der Waals surface area (Å²) in [4.78, 5) is 17.0. The van der Waals surface area contributed by atoms with Crippen molar-refractivity contribution in [2.24, 2.45) is 16.6 Å². The molecule has 1 amide bonds. The molecule has 132 valence electrons. The van der Waals surface area contributed by atoms with Crippen LogP contribution in [0.3, 0.4) is 0 Å². The molecule has 1 aliphatic heterocycles. The van der Waals surface area contributed by atoms with Gasteiger partial charge in [0, 0.05) is 24.0 Å². The number of nitrogens with two attached hydrogens (primary N) is 1. The molecule has 24 heavy (non-hydrogen) atoms. The fourth-order valence-corrected chi connectivity index (χ4v) is 3.81. The van der Waals surface area contributed by atoms with E-state index in [1.54, 1.807) is 11.8 Å². The van der Waals surface area contributed by atoms with Crippen LogP contribution < -0.4 is 11.1 Å². The van der Waals surface area contributed by atoms with Gasteiger partial charge < -0.3 is 16.2 Å². The van der Waals surface area contributed by atoms with Crippen LogP contribution >= 0.6 is 11.8 Å². The van der Waals surface area contributed by atoms with E-state index in [1.165, 1.54) is 0 Å². The zero-order chi connectivity index (χ0) is 17.7. The Morgan fingerprint density at radius 3 is 2.62 bits per heavy atom. The van der Waals surface area contributed by atoms with Gasteiger partial charge >= 0.3 is 0 Å². The first-order valence-corrected chi connectivity index (χ1v) is 9.34. The third-order valence-electron chi connectivity index (χ3n) is 4.53.